The van der Waals surface area contributed by atoms with E-state index in [0.29, 0.717) is 12.5 Å². The summed E-state index contributed by atoms with van der Waals surface area (Å²) < 4.78 is 0. The van der Waals surface area contributed by atoms with Crippen LogP contribution in [-0.2, 0) is 6.54 Å². The Hall–Kier alpha value is -1.65. The third kappa shape index (κ3) is 3.46. The standard InChI is InChI=1S/C15H20N4.ClH/c1-10-5-6-12(7-11(10)2)14-8-13(9-16)17-15(18-14)19(3)4;/h5-8H,9,16H2,1-4H3;1H. The van der Waals surface area contributed by atoms with Gasteiger partial charge < -0.3 is 10.6 Å². The van der Waals surface area contributed by atoms with E-state index in [2.05, 4.69) is 42.0 Å². The van der Waals surface area contributed by atoms with Crippen molar-refractivity contribution in [2.24, 2.45) is 5.73 Å². The first-order chi connectivity index (χ1) is 9.01. The highest BCUT2D eigenvalue weighted by Crippen LogP contribution is 2.22. The Morgan fingerprint density at radius 3 is 2.30 bits per heavy atom. The number of hydrogen-bond acceptors (Lipinski definition) is 4. The van der Waals surface area contributed by atoms with Gasteiger partial charge in [-0.25, -0.2) is 9.97 Å². The molecule has 0 fully saturated rings. The molecule has 0 bridgehead atoms. The molecule has 2 aromatic rings. The maximum Gasteiger partial charge on any atom is 0.225 e. The van der Waals surface area contributed by atoms with Crippen LogP contribution in [0.4, 0.5) is 5.95 Å². The van der Waals surface area contributed by atoms with E-state index in [-0.39, 0.29) is 12.4 Å². The number of halogens is 1. The first-order valence-corrected chi connectivity index (χ1v) is 6.34. The van der Waals surface area contributed by atoms with Gasteiger partial charge in [0.2, 0.25) is 5.95 Å². The van der Waals surface area contributed by atoms with Gasteiger partial charge in [-0.15, -0.1) is 12.4 Å². The number of aryl methyl sites for hydroxylation is 2. The van der Waals surface area contributed by atoms with Crippen LogP contribution in [0.2, 0.25) is 0 Å². The molecule has 1 aromatic carbocycles. The lowest BCUT2D eigenvalue weighted by Crippen LogP contribution is -2.15. The van der Waals surface area contributed by atoms with E-state index in [9.17, 15) is 0 Å². The van der Waals surface area contributed by atoms with Crippen LogP contribution in [0.1, 0.15) is 16.8 Å². The lowest BCUT2D eigenvalue weighted by Gasteiger charge is -2.13. The predicted molar refractivity (Wildman–Crippen MR) is 86.4 cm³/mol. The molecule has 0 radical (unpaired) electrons. The lowest BCUT2D eigenvalue weighted by molar-refractivity contribution is 0.925. The third-order valence-corrected chi connectivity index (χ3v) is 3.18. The molecule has 4 nitrogen and oxygen atoms in total. The van der Waals surface area contributed by atoms with Crippen LogP contribution in [0, 0.1) is 13.8 Å². The van der Waals surface area contributed by atoms with Gasteiger partial charge in [0, 0.05) is 26.2 Å². The molecule has 0 aliphatic rings. The number of benzene rings is 1. The van der Waals surface area contributed by atoms with E-state index < -0.39 is 0 Å². The molecule has 0 aliphatic heterocycles. The minimum atomic E-state index is 0. The molecule has 108 valence electrons. The molecule has 0 saturated carbocycles. The number of aromatic nitrogens is 2. The molecule has 20 heavy (non-hydrogen) atoms. The second-order valence-corrected chi connectivity index (χ2v) is 4.94. The Morgan fingerprint density at radius 1 is 1.05 bits per heavy atom. The molecular weight excluding hydrogens is 272 g/mol. The van der Waals surface area contributed by atoms with E-state index in [1.165, 1.54) is 11.1 Å². The summed E-state index contributed by atoms with van der Waals surface area (Å²) in [5, 5.41) is 0. The lowest BCUT2D eigenvalue weighted by atomic mass is 10.0. The van der Waals surface area contributed by atoms with Gasteiger partial charge in [0.25, 0.3) is 0 Å². The van der Waals surface area contributed by atoms with Gasteiger partial charge in [-0.2, -0.15) is 0 Å². The summed E-state index contributed by atoms with van der Waals surface area (Å²) in [5.74, 6) is 0.691. The molecule has 2 N–H and O–H groups in total. The predicted octanol–water partition coefficient (Wildman–Crippen LogP) is 2.71. The zero-order valence-corrected chi connectivity index (χ0v) is 13.2. The second kappa shape index (κ2) is 6.68. The molecular formula is C15H21ClN4. The molecule has 0 aliphatic carbocycles. The van der Waals surface area contributed by atoms with Crippen LogP contribution < -0.4 is 10.6 Å². The van der Waals surface area contributed by atoms with Crippen LogP contribution in [0.3, 0.4) is 0 Å². The number of nitrogens with zero attached hydrogens (tertiary/aromatic N) is 3. The summed E-state index contributed by atoms with van der Waals surface area (Å²) in [5.41, 5.74) is 11.1. The first kappa shape index (κ1) is 16.4. The fraction of sp³-hybridized carbons (Fsp3) is 0.333. The van der Waals surface area contributed by atoms with Crippen LogP contribution in [0.15, 0.2) is 24.3 Å². The van der Waals surface area contributed by atoms with Crippen LogP contribution >= 0.6 is 12.4 Å². The van der Waals surface area contributed by atoms with Crippen LogP contribution in [-0.4, -0.2) is 24.1 Å². The molecule has 1 heterocycles. The van der Waals surface area contributed by atoms with Gasteiger partial charge in [-0.1, -0.05) is 12.1 Å². The van der Waals surface area contributed by atoms with Crippen molar-refractivity contribution in [3.8, 4) is 11.3 Å². The Bertz CT molecular complexity index is 596. The fourth-order valence-electron chi connectivity index (χ4n) is 1.84. The minimum absolute atomic E-state index is 0. The normalized spacial score (nSPS) is 10.1. The monoisotopic (exact) mass is 292 g/mol. The van der Waals surface area contributed by atoms with Crippen LogP contribution in [0.5, 0.6) is 0 Å². The molecule has 0 atom stereocenters. The Morgan fingerprint density at radius 2 is 1.75 bits per heavy atom. The zero-order valence-electron chi connectivity index (χ0n) is 12.3. The number of hydrogen-bond donors (Lipinski definition) is 1. The maximum atomic E-state index is 5.71. The fourth-order valence-corrected chi connectivity index (χ4v) is 1.84. The minimum Gasteiger partial charge on any atom is -0.347 e. The summed E-state index contributed by atoms with van der Waals surface area (Å²) >= 11 is 0. The van der Waals surface area contributed by atoms with Gasteiger partial charge in [0.1, 0.15) is 0 Å². The van der Waals surface area contributed by atoms with E-state index in [1.54, 1.807) is 0 Å². The van der Waals surface area contributed by atoms with Gasteiger partial charge in [-0.3, -0.25) is 0 Å². The third-order valence-electron chi connectivity index (χ3n) is 3.18. The van der Waals surface area contributed by atoms with E-state index >= 15 is 0 Å². The first-order valence-electron chi connectivity index (χ1n) is 6.34. The van der Waals surface area contributed by atoms with E-state index in [1.807, 2.05) is 25.1 Å². The molecule has 2 rings (SSSR count). The summed E-state index contributed by atoms with van der Waals surface area (Å²) in [6.45, 7) is 4.63. The quantitative estimate of drug-likeness (QED) is 0.945. The molecule has 0 unspecified atom stereocenters. The summed E-state index contributed by atoms with van der Waals surface area (Å²) in [7, 11) is 3.86. The number of nitrogens with two attached hydrogens (primary N) is 1. The van der Waals surface area contributed by atoms with Gasteiger partial charge in [-0.05, 0) is 37.1 Å². The van der Waals surface area contributed by atoms with Crippen molar-refractivity contribution in [2.45, 2.75) is 20.4 Å². The Kier molecular flexibility index (Phi) is 5.48. The van der Waals surface area contributed by atoms with E-state index in [4.69, 9.17) is 5.73 Å². The summed E-state index contributed by atoms with van der Waals surface area (Å²) in [4.78, 5) is 10.9. The van der Waals surface area contributed by atoms with Gasteiger partial charge >= 0.3 is 0 Å². The molecule has 0 amide bonds. The van der Waals surface area contributed by atoms with Crippen molar-refractivity contribution >= 4 is 18.4 Å². The second-order valence-electron chi connectivity index (χ2n) is 4.94. The largest absolute Gasteiger partial charge is 0.347 e. The molecule has 5 heteroatoms. The van der Waals surface area contributed by atoms with Crippen LogP contribution in [0.25, 0.3) is 11.3 Å². The molecule has 0 saturated heterocycles. The highest BCUT2D eigenvalue weighted by molar-refractivity contribution is 5.85. The maximum absolute atomic E-state index is 5.71. The van der Waals surface area contributed by atoms with Crippen molar-refractivity contribution in [1.82, 2.24) is 9.97 Å². The Balaban J connectivity index is 0.00000200. The average Bonchev–Trinajstić information content (AvgIpc) is 2.41. The van der Waals surface area contributed by atoms with Crippen molar-refractivity contribution in [3.05, 3.63) is 41.1 Å². The van der Waals surface area contributed by atoms with Gasteiger partial charge in [0.15, 0.2) is 0 Å². The Labute approximate surface area is 126 Å². The number of anilines is 1. The molecule has 0 spiro atoms. The smallest absolute Gasteiger partial charge is 0.225 e. The zero-order chi connectivity index (χ0) is 14.0. The average molecular weight is 293 g/mol. The topological polar surface area (TPSA) is 55.0 Å². The van der Waals surface area contributed by atoms with Crippen molar-refractivity contribution in [3.63, 3.8) is 0 Å². The van der Waals surface area contributed by atoms with E-state index in [0.717, 1.165) is 17.0 Å². The van der Waals surface area contributed by atoms with Crippen molar-refractivity contribution in [2.75, 3.05) is 19.0 Å². The highest BCUT2D eigenvalue weighted by atomic mass is 35.5. The number of rotatable bonds is 3. The van der Waals surface area contributed by atoms with Crippen molar-refractivity contribution < 1.29 is 0 Å². The summed E-state index contributed by atoms with van der Waals surface area (Å²) in [6.07, 6.45) is 0. The summed E-state index contributed by atoms with van der Waals surface area (Å²) in [6, 6.07) is 8.31. The van der Waals surface area contributed by atoms with Crippen molar-refractivity contribution in [1.29, 1.82) is 0 Å². The molecule has 1 aromatic heterocycles. The highest BCUT2D eigenvalue weighted by Gasteiger charge is 2.08. The SMILES string of the molecule is Cc1ccc(-c2cc(CN)nc(N(C)C)n2)cc1C.Cl. The van der Waals surface area contributed by atoms with Gasteiger partial charge in [0.05, 0.1) is 11.4 Å².